The molecule has 3 aromatic rings. The number of aliphatic carboxylic acids is 1. The molecule has 3 aromatic carbocycles. The van der Waals surface area contributed by atoms with Gasteiger partial charge in [0.1, 0.15) is 47.8 Å². The number of phenolic OH excluding ortho intramolecular Hbond substituents is 1. The van der Waals surface area contributed by atoms with E-state index in [2.05, 4.69) is 46.0 Å². The van der Waals surface area contributed by atoms with Crippen molar-refractivity contribution >= 4 is 51.2 Å². The molecule has 0 saturated carbocycles. The number of carboxylic acid groups (broad SMARTS) is 1. The molecule has 0 aliphatic carbocycles. The van der Waals surface area contributed by atoms with Crippen LogP contribution in [0.15, 0.2) is 95.5 Å². The van der Waals surface area contributed by atoms with E-state index in [0.29, 0.717) is 35.5 Å². The van der Waals surface area contributed by atoms with E-state index in [4.69, 9.17) is 18.9 Å². The Morgan fingerprint density at radius 1 is 1.12 bits per heavy atom. The van der Waals surface area contributed by atoms with E-state index in [1.807, 2.05) is 31.5 Å². The molecular formula is C44H51N3O10S2. The number of β-amino-alcohol motifs (C(OH)–C–C–N with tert-alkyl or cyclic N) is 1. The van der Waals surface area contributed by atoms with Gasteiger partial charge in [-0.15, -0.1) is 0 Å². The number of allylic oxidation sites excluding steroid dienone is 2. The van der Waals surface area contributed by atoms with Gasteiger partial charge in [0.15, 0.2) is 11.7 Å². The number of aromatic hydroxyl groups is 1. The fraction of sp³-hybridized carbons (Fsp3) is 0.409. The van der Waals surface area contributed by atoms with Crippen LogP contribution in [0.5, 0.6) is 17.2 Å². The van der Waals surface area contributed by atoms with E-state index in [9.17, 15) is 30.3 Å². The Morgan fingerprint density at radius 2 is 1.93 bits per heavy atom. The Balaban J connectivity index is 1.18. The van der Waals surface area contributed by atoms with Crippen LogP contribution in [0.3, 0.4) is 0 Å². The number of phenols is 1. The van der Waals surface area contributed by atoms with Gasteiger partial charge >= 0.3 is 5.97 Å². The topological polar surface area (TPSA) is 192 Å². The fourth-order valence-electron chi connectivity index (χ4n) is 8.15. The molecule has 0 amide bonds. The lowest BCUT2D eigenvalue weighted by Crippen LogP contribution is -2.72. The third-order valence-electron chi connectivity index (χ3n) is 11.3. The SMILES string of the molecule is CNCC[C@H](C/C=C/c1ccccc1)[C@H]1CNC[C@]2(O)[C@H](Oc3ccc4c(c3)OCC(c3ccc(O)cc3)=C4O)O[C@H](C(=O)O)[C@@H](O)[C@@H]2OCSSC[C@@H]1C1=CCN=C1. The highest BCUT2D eigenvalue weighted by Crippen LogP contribution is 2.42. The van der Waals surface area contributed by atoms with Crippen LogP contribution >= 0.6 is 21.6 Å². The number of aliphatic hydroxyl groups excluding tert-OH is 2. The first-order chi connectivity index (χ1) is 28.7. The van der Waals surface area contributed by atoms with Crippen molar-refractivity contribution < 1.29 is 49.3 Å². The maximum atomic E-state index is 12.7. The molecule has 7 rings (SSSR count). The summed E-state index contributed by atoms with van der Waals surface area (Å²) in [6.45, 7) is 1.77. The molecule has 314 valence electrons. The van der Waals surface area contributed by atoms with E-state index in [1.54, 1.807) is 35.1 Å². The van der Waals surface area contributed by atoms with Gasteiger partial charge in [0, 0.05) is 30.2 Å². The standard InChI is InChI=1S/C44H51N3O10S2/c1-45-18-16-28(9-5-8-27-6-3-2-4-7-27)34-22-47-25-44(53)41(55-26-59-58-24-36(34)30-17-19-46-21-30)39(50)40(42(51)52)57-43(44)56-32-14-15-33-37(20-32)54-23-35(38(33)49)29-10-12-31(48)13-11-29/h2-8,10-15,17,20-21,28,34,36,39-41,43,45,47-50,53H,9,16,18-19,22-26H2,1H3,(H,51,52)/b8-5+/t28-,34+,36+,39+,40-,41-,43+,44+/m0/s1. The molecule has 4 heterocycles. The third-order valence-corrected chi connectivity index (χ3v) is 13.4. The summed E-state index contributed by atoms with van der Waals surface area (Å²) in [5.74, 6) is 0.355. The zero-order chi connectivity index (χ0) is 41.4. The van der Waals surface area contributed by atoms with Crippen LogP contribution in [0.25, 0.3) is 17.4 Å². The zero-order valence-electron chi connectivity index (χ0n) is 32.7. The van der Waals surface area contributed by atoms with Crippen LogP contribution in [-0.4, -0.2) is 119 Å². The van der Waals surface area contributed by atoms with E-state index >= 15 is 0 Å². The van der Waals surface area contributed by atoms with Crippen LogP contribution in [0.4, 0.5) is 0 Å². The van der Waals surface area contributed by atoms with Crippen LogP contribution in [-0.2, 0) is 14.3 Å². The number of nitrogens with one attached hydrogen (secondary N) is 2. The molecule has 13 nitrogen and oxygen atoms in total. The quantitative estimate of drug-likeness (QED) is 0.115. The molecular weight excluding hydrogens is 795 g/mol. The molecule has 59 heavy (non-hydrogen) atoms. The van der Waals surface area contributed by atoms with Gasteiger partial charge < -0.3 is 55.1 Å². The Kier molecular flexibility index (Phi) is 14.4. The van der Waals surface area contributed by atoms with Gasteiger partial charge in [-0.2, -0.15) is 0 Å². The average molecular weight is 846 g/mol. The number of hydrogen-bond donors (Lipinski definition) is 7. The number of hydrogen-bond acceptors (Lipinski definition) is 14. The Morgan fingerprint density at radius 3 is 2.68 bits per heavy atom. The summed E-state index contributed by atoms with van der Waals surface area (Å²) in [6, 6.07) is 21.3. The molecule has 2 fully saturated rings. The number of benzene rings is 3. The van der Waals surface area contributed by atoms with Crippen molar-refractivity contribution in [2.75, 3.05) is 51.5 Å². The van der Waals surface area contributed by atoms with Gasteiger partial charge in [-0.3, -0.25) is 4.99 Å². The van der Waals surface area contributed by atoms with Crippen LogP contribution in [0.1, 0.15) is 29.5 Å². The van der Waals surface area contributed by atoms with Crippen molar-refractivity contribution in [3.8, 4) is 17.2 Å². The second kappa shape index (κ2) is 19.8. The van der Waals surface area contributed by atoms with Crippen LogP contribution in [0.2, 0.25) is 0 Å². The van der Waals surface area contributed by atoms with Crippen molar-refractivity contribution in [2.45, 2.75) is 43.0 Å². The van der Waals surface area contributed by atoms with E-state index in [1.165, 1.54) is 34.6 Å². The molecule has 15 heteroatoms. The van der Waals surface area contributed by atoms with Crippen molar-refractivity contribution in [2.24, 2.45) is 22.7 Å². The van der Waals surface area contributed by atoms with E-state index in [-0.39, 0.29) is 54.1 Å². The van der Waals surface area contributed by atoms with E-state index in [0.717, 1.165) is 30.7 Å². The minimum absolute atomic E-state index is 0.00600. The lowest BCUT2D eigenvalue weighted by atomic mass is 9.75. The molecule has 0 unspecified atom stereocenters. The molecule has 0 radical (unpaired) electrons. The Labute approximate surface area is 351 Å². The first-order valence-electron chi connectivity index (χ1n) is 19.7. The lowest BCUT2D eigenvalue weighted by molar-refractivity contribution is -0.316. The third kappa shape index (κ3) is 10.0. The van der Waals surface area contributed by atoms with Crippen molar-refractivity contribution in [1.29, 1.82) is 0 Å². The summed E-state index contributed by atoms with van der Waals surface area (Å²) >= 11 is 0. The summed E-state index contributed by atoms with van der Waals surface area (Å²) in [6.07, 6.45) is 3.71. The van der Waals surface area contributed by atoms with E-state index < -0.39 is 36.2 Å². The second-order valence-corrected chi connectivity index (χ2v) is 17.5. The number of fused-ring (bicyclic) bond motifs is 2. The van der Waals surface area contributed by atoms with Gasteiger partial charge in [0.2, 0.25) is 6.29 Å². The van der Waals surface area contributed by atoms with Gasteiger partial charge in [-0.25, -0.2) is 4.79 Å². The number of nitrogens with zero attached hydrogens (tertiary/aromatic N) is 1. The van der Waals surface area contributed by atoms with Crippen molar-refractivity contribution in [1.82, 2.24) is 10.6 Å². The molecule has 4 aliphatic heterocycles. The average Bonchev–Trinajstić information content (AvgIpc) is 3.77. The number of carboxylic acids is 1. The Bertz CT molecular complexity index is 2030. The molecule has 7 N–H and O–H groups in total. The van der Waals surface area contributed by atoms with Crippen molar-refractivity contribution in [3.63, 3.8) is 0 Å². The van der Waals surface area contributed by atoms with Gasteiger partial charge in [-0.05, 0) is 91.7 Å². The Hall–Kier alpha value is -4.32. The highest BCUT2D eigenvalue weighted by molar-refractivity contribution is 8.76. The predicted molar refractivity (Wildman–Crippen MR) is 231 cm³/mol. The first kappa shape index (κ1) is 42.8. The smallest absolute Gasteiger partial charge is 0.335 e. The fourth-order valence-corrected chi connectivity index (χ4v) is 10.2. The van der Waals surface area contributed by atoms with Crippen molar-refractivity contribution in [3.05, 3.63) is 107 Å². The maximum Gasteiger partial charge on any atom is 0.335 e. The second-order valence-electron chi connectivity index (χ2n) is 15.1. The summed E-state index contributed by atoms with van der Waals surface area (Å²) in [5.41, 5.74) is 1.82. The number of aliphatic imine (C=N–C) groups is 1. The lowest BCUT2D eigenvalue weighted by Gasteiger charge is -2.49. The minimum Gasteiger partial charge on any atom is -0.508 e. The number of rotatable bonds is 12. The number of aliphatic hydroxyl groups is 3. The molecule has 0 aromatic heterocycles. The predicted octanol–water partition coefficient (Wildman–Crippen LogP) is 5.39. The van der Waals surface area contributed by atoms with Crippen LogP contribution < -0.4 is 20.1 Å². The normalized spacial score (nSPS) is 28.1. The molecule has 2 saturated heterocycles. The first-order valence-corrected chi connectivity index (χ1v) is 22.2. The zero-order valence-corrected chi connectivity index (χ0v) is 34.3. The van der Waals surface area contributed by atoms with Gasteiger partial charge in [-0.1, -0.05) is 82.3 Å². The summed E-state index contributed by atoms with van der Waals surface area (Å²) < 4.78 is 24.4. The van der Waals surface area contributed by atoms with Crippen LogP contribution in [0, 0.1) is 17.8 Å². The molecule has 8 atom stereocenters. The summed E-state index contributed by atoms with van der Waals surface area (Å²) in [4.78, 5) is 17.0. The minimum atomic E-state index is -2.08. The summed E-state index contributed by atoms with van der Waals surface area (Å²) in [7, 11) is 5.01. The monoisotopic (exact) mass is 845 g/mol. The highest BCUT2D eigenvalue weighted by atomic mass is 33.1. The number of ether oxygens (including phenoxy) is 4. The number of carbonyl (C=O) groups is 1. The maximum absolute atomic E-state index is 12.7. The highest BCUT2D eigenvalue weighted by Gasteiger charge is 2.59. The summed E-state index contributed by atoms with van der Waals surface area (Å²) in [5, 5.41) is 62.0. The molecule has 0 spiro atoms. The van der Waals surface area contributed by atoms with Gasteiger partial charge in [0.05, 0.1) is 12.1 Å². The largest absolute Gasteiger partial charge is 0.508 e. The van der Waals surface area contributed by atoms with Gasteiger partial charge in [0.25, 0.3) is 0 Å². The molecule has 4 aliphatic rings. The molecule has 0 bridgehead atoms.